The van der Waals surface area contributed by atoms with Crippen LogP contribution in [-0.2, 0) is 6.54 Å². The summed E-state index contributed by atoms with van der Waals surface area (Å²) in [5.74, 6) is 0.728. The Hall–Kier alpha value is -1.40. The van der Waals surface area contributed by atoms with Gasteiger partial charge in [0.2, 0.25) is 0 Å². The molecule has 0 atom stereocenters. The standard InChI is InChI=1S/C18H25ClN4O/c19-17-1-3-18(4-2-17)23-14-16(13-21-23)12-20-11-15-5-7-22(8-6-15)9-10-24/h1-4,13-15,20,24H,5-12H2. The van der Waals surface area contributed by atoms with Gasteiger partial charge in [-0.3, -0.25) is 0 Å². The third kappa shape index (κ3) is 4.80. The molecule has 1 saturated heterocycles. The van der Waals surface area contributed by atoms with Gasteiger partial charge in [0.1, 0.15) is 0 Å². The van der Waals surface area contributed by atoms with E-state index in [0.29, 0.717) is 0 Å². The van der Waals surface area contributed by atoms with Crippen LogP contribution in [0, 0.1) is 5.92 Å². The highest BCUT2D eigenvalue weighted by Crippen LogP contribution is 2.16. The monoisotopic (exact) mass is 348 g/mol. The fraction of sp³-hybridized carbons (Fsp3) is 0.500. The molecule has 2 heterocycles. The number of rotatable bonds is 7. The van der Waals surface area contributed by atoms with Crippen molar-refractivity contribution in [3.63, 3.8) is 0 Å². The molecule has 2 N–H and O–H groups in total. The van der Waals surface area contributed by atoms with Crippen molar-refractivity contribution < 1.29 is 5.11 Å². The van der Waals surface area contributed by atoms with Gasteiger partial charge in [0.25, 0.3) is 0 Å². The molecule has 1 aromatic heterocycles. The minimum atomic E-state index is 0.264. The second-order valence-corrected chi connectivity index (χ2v) is 6.85. The summed E-state index contributed by atoms with van der Waals surface area (Å²) >= 11 is 5.92. The summed E-state index contributed by atoms with van der Waals surface area (Å²) in [6, 6.07) is 7.68. The van der Waals surface area contributed by atoms with Crippen molar-refractivity contribution in [2.75, 3.05) is 32.8 Å². The largest absolute Gasteiger partial charge is 0.395 e. The zero-order valence-corrected chi connectivity index (χ0v) is 14.6. The maximum absolute atomic E-state index is 8.98. The summed E-state index contributed by atoms with van der Waals surface area (Å²) in [4.78, 5) is 2.34. The molecule has 0 saturated carbocycles. The first-order valence-electron chi connectivity index (χ1n) is 8.58. The van der Waals surface area contributed by atoms with Crippen molar-refractivity contribution in [3.8, 4) is 5.69 Å². The Morgan fingerprint density at radius 3 is 2.67 bits per heavy atom. The summed E-state index contributed by atoms with van der Waals surface area (Å²) in [5, 5.41) is 17.7. The molecule has 0 aliphatic carbocycles. The minimum Gasteiger partial charge on any atom is -0.395 e. The summed E-state index contributed by atoms with van der Waals surface area (Å²) in [7, 11) is 0. The molecule has 1 aliphatic heterocycles. The topological polar surface area (TPSA) is 53.3 Å². The SMILES string of the molecule is OCCN1CCC(CNCc2cnn(-c3ccc(Cl)cc3)c2)CC1. The van der Waals surface area contributed by atoms with Crippen LogP contribution >= 0.6 is 11.6 Å². The lowest BCUT2D eigenvalue weighted by atomic mass is 9.97. The average Bonchev–Trinajstić information content (AvgIpc) is 3.06. The highest BCUT2D eigenvalue weighted by Gasteiger charge is 2.18. The molecule has 1 aromatic carbocycles. The smallest absolute Gasteiger partial charge is 0.0646 e. The second kappa shape index (κ2) is 8.62. The number of β-amino-alcohol motifs (C(OH)–C–C–N with tert-alkyl or cyclic N) is 1. The minimum absolute atomic E-state index is 0.264. The summed E-state index contributed by atoms with van der Waals surface area (Å²) in [5.41, 5.74) is 2.20. The van der Waals surface area contributed by atoms with Gasteiger partial charge in [-0.05, 0) is 62.7 Å². The number of aliphatic hydroxyl groups excluding tert-OH is 1. The molecule has 2 aromatic rings. The van der Waals surface area contributed by atoms with Gasteiger partial charge in [-0.1, -0.05) is 11.6 Å². The summed E-state index contributed by atoms with van der Waals surface area (Å²) in [6.07, 6.45) is 6.37. The molecule has 0 amide bonds. The molecule has 3 rings (SSSR count). The van der Waals surface area contributed by atoms with E-state index < -0.39 is 0 Å². The van der Waals surface area contributed by atoms with Crippen molar-refractivity contribution in [2.45, 2.75) is 19.4 Å². The van der Waals surface area contributed by atoms with Crippen molar-refractivity contribution >= 4 is 11.6 Å². The first kappa shape index (κ1) is 17.4. The zero-order chi connectivity index (χ0) is 16.8. The molecule has 1 fully saturated rings. The Balaban J connectivity index is 1.42. The van der Waals surface area contributed by atoms with E-state index in [1.54, 1.807) is 0 Å². The maximum Gasteiger partial charge on any atom is 0.0646 e. The second-order valence-electron chi connectivity index (χ2n) is 6.41. The van der Waals surface area contributed by atoms with Crippen molar-refractivity contribution in [3.05, 3.63) is 47.2 Å². The van der Waals surface area contributed by atoms with Gasteiger partial charge in [0.05, 0.1) is 18.5 Å². The molecular weight excluding hydrogens is 324 g/mol. The van der Waals surface area contributed by atoms with E-state index in [2.05, 4.69) is 21.5 Å². The molecule has 6 heteroatoms. The molecule has 1 aliphatic rings. The third-order valence-corrected chi connectivity index (χ3v) is 4.86. The Morgan fingerprint density at radius 1 is 1.21 bits per heavy atom. The van der Waals surface area contributed by atoms with Gasteiger partial charge in [0.15, 0.2) is 0 Å². The first-order valence-corrected chi connectivity index (χ1v) is 8.96. The number of aliphatic hydroxyl groups is 1. The Morgan fingerprint density at radius 2 is 1.96 bits per heavy atom. The normalized spacial score (nSPS) is 16.6. The molecule has 0 radical (unpaired) electrons. The van der Waals surface area contributed by atoms with Crippen LogP contribution < -0.4 is 5.32 Å². The van der Waals surface area contributed by atoms with Crippen LogP contribution in [0.2, 0.25) is 5.02 Å². The van der Waals surface area contributed by atoms with E-state index in [-0.39, 0.29) is 6.61 Å². The van der Waals surface area contributed by atoms with Crippen LogP contribution in [0.25, 0.3) is 5.69 Å². The highest BCUT2D eigenvalue weighted by molar-refractivity contribution is 6.30. The zero-order valence-electron chi connectivity index (χ0n) is 13.9. The van der Waals surface area contributed by atoms with Crippen LogP contribution in [0.3, 0.4) is 0 Å². The fourth-order valence-electron chi connectivity index (χ4n) is 3.16. The molecule has 0 spiro atoms. The van der Waals surface area contributed by atoms with Crippen molar-refractivity contribution in [2.24, 2.45) is 5.92 Å². The Bertz CT molecular complexity index is 620. The van der Waals surface area contributed by atoms with E-state index in [9.17, 15) is 0 Å². The van der Waals surface area contributed by atoms with Gasteiger partial charge in [-0.25, -0.2) is 4.68 Å². The number of hydrogen-bond acceptors (Lipinski definition) is 4. The van der Waals surface area contributed by atoms with Gasteiger partial charge < -0.3 is 15.3 Å². The van der Waals surface area contributed by atoms with Crippen LogP contribution in [0.4, 0.5) is 0 Å². The summed E-state index contributed by atoms with van der Waals surface area (Å²) in [6.45, 7) is 5.15. The number of nitrogens with one attached hydrogen (secondary N) is 1. The van der Waals surface area contributed by atoms with Gasteiger partial charge in [0, 0.05) is 29.9 Å². The molecule has 0 bridgehead atoms. The lowest BCUT2D eigenvalue weighted by molar-refractivity contribution is 0.146. The van der Waals surface area contributed by atoms with Crippen LogP contribution in [0.15, 0.2) is 36.7 Å². The van der Waals surface area contributed by atoms with E-state index in [4.69, 9.17) is 16.7 Å². The average molecular weight is 349 g/mol. The highest BCUT2D eigenvalue weighted by atomic mass is 35.5. The lowest BCUT2D eigenvalue weighted by Gasteiger charge is -2.31. The number of benzene rings is 1. The molecule has 0 unspecified atom stereocenters. The first-order chi connectivity index (χ1) is 11.7. The number of nitrogens with zero attached hydrogens (tertiary/aromatic N) is 3. The van der Waals surface area contributed by atoms with Gasteiger partial charge >= 0.3 is 0 Å². The molecular formula is C18H25ClN4O. The molecule has 24 heavy (non-hydrogen) atoms. The number of likely N-dealkylation sites (tertiary alicyclic amines) is 1. The van der Waals surface area contributed by atoms with Gasteiger partial charge in [-0.15, -0.1) is 0 Å². The quantitative estimate of drug-likeness (QED) is 0.806. The fourth-order valence-corrected chi connectivity index (χ4v) is 3.29. The maximum atomic E-state index is 8.98. The van der Waals surface area contributed by atoms with Crippen LogP contribution in [-0.4, -0.2) is 52.6 Å². The molecule has 130 valence electrons. The number of halogens is 1. The van der Waals surface area contributed by atoms with E-state index in [0.717, 1.165) is 49.4 Å². The third-order valence-electron chi connectivity index (χ3n) is 4.61. The van der Waals surface area contributed by atoms with Crippen molar-refractivity contribution in [1.29, 1.82) is 0 Å². The predicted octanol–water partition coefficient (Wildman–Crippen LogP) is 2.32. The Kier molecular flexibility index (Phi) is 6.26. The summed E-state index contributed by atoms with van der Waals surface area (Å²) < 4.78 is 1.88. The number of piperidine rings is 1. The predicted molar refractivity (Wildman–Crippen MR) is 96.5 cm³/mol. The molecule has 5 nitrogen and oxygen atoms in total. The van der Waals surface area contributed by atoms with Crippen LogP contribution in [0.5, 0.6) is 0 Å². The van der Waals surface area contributed by atoms with Crippen molar-refractivity contribution in [1.82, 2.24) is 20.0 Å². The van der Waals surface area contributed by atoms with E-state index >= 15 is 0 Å². The lowest BCUT2D eigenvalue weighted by Crippen LogP contribution is -2.38. The van der Waals surface area contributed by atoms with E-state index in [1.165, 1.54) is 18.4 Å². The van der Waals surface area contributed by atoms with E-state index in [1.807, 2.05) is 35.1 Å². The Labute approximate surface area is 148 Å². The number of hydrogen-bond donors (Lipinski definition) is 2. The number of aromatic nitrogens is 2. The van der Waals surface area contributed by atoms with Crippen LogP contribution in [0.1, 0.15) is 18.4 Å². The van der Waals surface area contributed by atoms with Gasteiger partial charge in [-0.2, -0.15) is 5.10 Å².